The average molecular weight is 563 g/mol. The van der Waals surface area contributed by atoms with E-state index < -0.39 is 22.6 Å². The molecule has 1 spiro atoms. The van der Waals surface area contributed by atoms with Crippen molar-refractivity contribution in [3.05, 3.63) is 25.3 Å². The lowest BCUT2D eigenvalue weighted by molar-refractivity contribution is -0.144. The summed E-state index contributed by atoms with van der Waals surface area (Å²) >= 11 is 1.72. The number of rotatable bonds is 15. The van der Waals surface area contributed by atoms with Gasteiger partial charge in [-0.25, -0.2) is 0 Å². The zero-order valence-electron chi connectivity index (χ0n) is 23.5. The van der Waals surface area contributed by atoms with Crippen molar-refractivity contribution in [1.82, 2.24) is 19.6 Å². The van der Waals surface area contributed by atoms with E-state index >= 15 is 0 Å². The van der Waals surface area contributed by atoms with Gasteiger partial charge in [0.1, 0.15) is 6.04 Å². The minimum absolute atomic E-state index is 0.0212. The summed E-state index contributed by atoms with van der Waals surface area (Å²) in [6.45, 7) is 16.1. The number of amides is 3. The highest BCUT2D eigenvalue weighted by Crippen LogP contribution is 2.66. The second-order valence-corrected chi connectivity index (χ2v) is 12.7. The predicted molar refractivity (Wildman–Crippen MR) is 153 cm³/mol. The summed E-state index contributed by atoms with van der Waals surface area (Å²) in [5, 5.41) is 9.46. The van der Waals surface area contributed by atoms with E-state index in [9.17, 15) is 19.5 Å². The van der Waals surface area contributed by atoms with Gasteiger partial charge < -0.3 is 24.5 Å². The second-order valence-electron chi connectivity index (χ2n) is 11.1. The molecule has 1 N–H and O–H groups in total. The van der Waals surface area contributed by atoms with Crippen LogP contribution < -0.4 is 0 Å². The number of thioether (sulfide) groups is 1. The van der Waals surface area contributed by atoms with Crippen LogP contribution >= 0.6 is 11.8 Å². The molecule has 0 radical (unpaired) electrons. The molecule has 4 saturated heterocycles. The number of aliphatic hydroxyl groups excluding tert-OH is 1. The lowest BCUT2D eigenvalue weighted by Crippen LogP contribution is -2.56. The Morgan fingerprint density at radius 2 is 1.79 bits per heavy atom. The minimum Gasteiger partial charge on any atom is -0.396 e. The van der Waals surface area contributed by atoms with E-state index in [1.807, 2.05) is 16.7 Å². The summed E-state index contributed by atoms with van der Waals surface area (Å²) < 4.78 is 4.88. The number of fused-ring (bicyclic) bond motifs is 1. The van der Waals surface area contributed by atoms with Crippen molar-refractivity contribution in [3.63, 3.8) is 0 Å². The molecule has 5 atom stereocenters. The summed E-state index contributed by atoms with van der Waals surface area (Å²) in [5.74, 6) is -0.998. The van der Waals surface area contributed by atoms with Crippen molar-refractivity contribution in [2.75, 3.05) is 72.2 Å². The fourth-order valence-corrected chi connectivity index (χ4v) is 9.19. The topological polar surface area (TPSA) is 93.6 Å². The van der Waals surface area contributed by atoms with E-state index in [1.54, 1.807) is 28.8 Å². The summed E-state index contributed by atoms with van der Waals surface area (Å²) in [6.07, 6.45) is 7.12. The van der Waals surface area contributed by atoms with E-state index in [1.165, 1.54) is 0 Å². The molecule has 4 aliphatic heterocycles. The van der Waals surface area contributed by atoms with Crippen molar-refractivity contribution in [3.8, 4) is 0 Å². The number of aliphatic hydroxyl groups is 1. The van der Waals surface area contributed by atoms with Crippen LogP contribution in [0.5, 0.6) is 0 Å². The molecule has 4 rings (SSSR count). The summed E-state index contributed by atoms with van der Waals surface area (Å²) in [6, 6.07) is -0.606. The van der Waals surface area contributed by atoms with Crippen LogP contribution in [0.15, 0.2) is 25.3 Å². The van der Waals surface area contributed by atoms with E-state index in [2.05, 4.69) is 18.1 Å². The molecule has 0 aromatic heterocycles. The molecule has 2 unspecified atom stereocenters. The highest BCUT2D eigenvalue weighted by molar-refractivity contribution is 8.02. The van der Waals surface area contributed by atoms with Gasteiger partial charge in [-0.15, -0.1) is 24.9 Å². The Hall–Kier alpha value is -1.88. The molecular formula is C29H46N4O5S. The molecule has 0 aromatic carbocycles. The Kier molecular flexibility index (Phi) is 10.5. The number of nitrogens with zero attached hydrogens (tertiary/aromatic N) is 4. The van der Waals surface area contributed by atoms with Gasteiger partial charge in [0.25, 0.3) is 0 Å². The number of ether oxygens (including phenoxy) is 1. The van der Waals surface area contributed by atoms with Gasteiger partial charge >= 0.3 is 0 Å². The van der Waals surface area contributed by atoms with Crippen LogP contribution in [0.4, 0.5) is 0 Å². The lowest BCUT2D eigenvalue weighted by atomic mass is 9.70. The number of carbonyl (C=O) groups excluding carboxylic acids is 3. The highest BCUT2D eigenvalue weighted by atomic mass is 32.2. The quantitative estimate of drug-likeness (QED) is 0.240. The monoisotopic (exact) mass is 562 g/mol. The van der Waals surface area contributed by atoms with Crippen molar-refractivity contribution in [2.45, 2.75) is 55.1 Å². The number of likely N-dealkylation sites (tertiary alicyclic amines) is 1. The van der Waals surface area contributed by atoms with Crippen LogP contribution in [-0.4, -0.2) is 131 Å². The van der Waals surface area contributed by atoms with Gasteiger partial charge in [-0.1, -0.05) is 19.1 Å². The van der Waals surface area contributed by atoms with E-state index in [-0.39, 0.29) is 29.6 Å². The van der Waals surface area contributed by atoms with Gasteiger partial charge in [0, 0.05) is 64.2 Å². The van der Waals surface area contributed by atoms with Gasteiger partial charge in [-0.3, -0.25) is 19.3 Å². The Balaban J connectivity index is 1.62. The van der Waals surface area contributed by atoms with Crippen molar-refractivity contribution >= 4 is 29.5 Å². The van der Waals surface area contributed by atoms with Crippen LogP contribution in [0.3, 0.4) is 0 Å². The Bertz CT molecular complexity index is 912. The zero-order valence-corrected chi connectivity index (χ0v) is 24.3. The Labute approximate surface area is 237 Å². The zero-order chi connectivity index (χ0) is 28.0. The summed E-state index contributed by atoms with van der Waals surface area (Å²) in [5.41, 5.74) is 0. The third-order valence-electron chi connectivity index (χ3n) is 8.73. The Morgan fingerprint density at radius 3 is 2.44 bits per heavy atom. The molecule has 218 valence electrons. The first-order chi connectivity index (χ1) is 18.9. The van der Waals surface area contributed by atoms with Crippen LogP contribution in [0.1, 0.15) is 39.0 Å². The summed E-state index contributed by atoms with van der Waals surface area (Å²) in [4.78, 5) is 50.2. The molecule has 3 amide bonds. The van der Waals surface area contributed by atoms with Gasteiger partial charge in [-0.05, 0) is 32.1 Å². The lowest BCUT2D eigenvalue weighted by Gasteiger charge is -2.38. The minimum atomic E-state index is -0.606. The number of hydrogen-bond acceptors (Lipinski definition) is 7. The first-order valence-corrected chi connectivity index (χ1v) is 15.5. The fourth-order valence-electron chi connectivity index (χ4n) is 6.98. The molecule has 2 bridgehead atoms. The van der Waals surface area contributed by atoms with Crippen LogP contribution in [0, 0.1) is 11.8 Å². The van der Waals surface area contributed by atoms with Crippen LogP contribution in [0.2, 0.25) is 0 Å². The molecule has 0 saturated carbocycles. The van der Waals surface area contributed by atoms with Crippen molar-refractivity contribution in [2.24, 2.45) is 11.8 Å². The van der Waals surface area contributed by atoms with Crippen LogP contribution in [0.25, 0.3) is 0 Å². The maximum Gasteiger partial charge on any atom is 0.247 e. The standard InChI is InChI=1S/C29H46N4O5S/c1-4-11-31(12-5-2)26(35)23-22-9-10-29(39-22)24(23)27(36)33(14-7-8-19-34)25(29)28(37)32(13-6-3)16-15-30-17-20-38-21-18-30/h4,6,22-25,34H,1,3,5,7-21H2,2H3/t22-,23+,24+,25?,29?/m1/s1. The van der Waals surface area contributed by atoms with Gasteiger partial charge in [0.05, 0.1) is 29.8 Å². The third kappa shape index (κ3) is 5.94. The second kappa shape index (κ2) is 13.7. The fraction of sp³-hybridized carbons (Fsp3) is 0.759. The van der Waals surface area contributed by atoms with Crippen molar-refractivity contribution in [1.29, 1.82) is 0 Å². The van der Waals surface area contributed by atoms with Crippen molar-refractivity contribution < 1.29 is 24.2 Å². The van der Waals surface area contributed by atoms with E-state index in [0.29, 0.717) is 58.8 Å². The maximum absolute atomic E-state index is 14.4. The number of unbranched alkanes of at least 4 members (excludes halogenated alkanes) is 1. The summed E-state index contributed by atoms with van der Waals surface area (Å²) in [7, 11) is 0. The van der Waals surface area contributed by atoms with E-state index in [0.717, 1.165) is 38.9 Å². The average Bonchev–Trinajstić information content (AvgIpc) is 3.58. The van der Waals surface area contributed by atoms with Gasteiger partial charge in [0.15, 0.2) is 0 Å². The third-order valence-corrected chi connectivity index (χ3v) is 10.7. The SMILES string of the molecule is C=CCN(CCN1CCOCC1)C(=O)C1N(CCCCO)C(=O)[C@@H]2[C@@H](C(=O)N(CC=C)CCC)[C@H]3CCC12S3. The van der Waals surface area contributed by atoms with Crippen LogP contribution in [-0.2, 0) is 19.1 Å². The molecule has 9 nitrogen and oxygen atoms in total. The van der Waals surface area contributed by atoms with Gasteiger partial charge in [0.2, 0.25) is 17.7 Å². The molecule has 0 aliphatic carbocycles. The number of morpholine rings is 1. The number of hydrogen-bond donors (Lipinski definition) is 1. The van der Waals surface area contributed by atoms with Gasteiger partial charge in [-0.2, -0.15) is 0 Å². The first-order valence-electron chi connectivity index (χ1n) is 14.6. The molecule has 4 fully saturated rings. The molecular weight excluding hydrogens is 516 g/mol. The predicted octanol–water partition coefficient (Wildman–Crippen LogP) is 1.62. The maximum atomic E-state index is 14.4. The van der Waals surface area contributed by atoms with E-state index in [4.69, 9.17) is 4.74 Å². The molecule has 4 aliphatic rings. The molecule has 39 heavy (non-hydrogen) atoms. The largest absolute Gasteiger partial charge is 0.396 e. The Morgan fingerprint density at radius 1 is 1.10 bits per heavy atom. The number of carbonyl (C=O) groups is 3. The molecule has 10 heteroatoms. The molecule has 0 aromatic rings. The highest BCUT2D eigenvalue weighted by Gasteiger charge is 2.73. The molecule has 4 heterocycles. The normalized spacial score (nSPS) is 29.9. The smallest absolute Gasteiger partial charge is 0.247 e. The first kappa shape index (κ1) is 30.1.